The number of aromatic hydroxyl groups is 1. The van der Waals surface area contributed by atoms with Gasteiger partial charge in [0.05, 0.1) is 0 Å². The van der Waals surface area contributed by atoms with Crippen molar-refractivity contribution in [2.75, 3.05) is 24.0 Å². The fraction of sp³-hybridized carbons (Fsp3) is 0.760. The largest absolute Gasteiger partial charge is 0.507 e. The van der Waals surface area contributed by atoms with E-state index in [4.69, 9.17) is 0 Å². The predicted molar refractivity (Wildman–Crippen MR) is 136 cm³/mol. The van der Waals surface area contributed by atoms with E-state index >= 15 is 0 Å². The van der Waals surface area contributed by atoms with Crippen molar-refractivity contribution in [1.29, 1.82) is 0 Å². The van der Waals surface area contributed by atoms with Gasteiger partial charge < -0.3 is 5.11 Å². The van der Waals surface area contributed by atoms with E-state index in [2.05, 4.69) is 45.4 Å². The van der Waals surface area contributed by atoms with E-state index < -0.39 is 0 Å². The van der Waals surface area contributed by atoms with Crippen molar-refractivity contribution in [1.82, 2.24) is 0 Å². The molecule has 0 fully saturated rings. The van der Waals surface area contributed by atoms with Gasteiger partial charge in [-0.1, -0.05) is 78.1 Å². The number of unbranched alkanes of at least 4 members (excludes halogenated alkanes) is 10. The molecule has 0 bridgehead atoms. The molecule has 1 aromatic carbocycles. The van der Waals surface area contributed by atoms with E-state index in [0.717, 1.165) is 5.56 Å². The first-order chi connectivity index (χ1) is 13.5. The molecule has 3 heteroatoms. The topological polar surface area (TPSA) is 20.2 Å². The maximum atomic E-state index is 10.7. The van der Waals surface area contributed by atoms with Crippen molar-refractivity contribution < 1.29 is 5.11 Å². The lowest BCUT2D eigenvalue weighted by molar-refractivity contribution is 0.457. The molecule has 0 aliphatic heterocycles. The molecule has 28 heavy (non-hydrogen) atoms. The molecule has 0 spiro atoms. The smallest absolute Gasteiger partial charge is 0.130 e. The van der Waals surface area contributed by atoms with Crippen LogP contribution in [0.2, 0.25) is 0 Å². The second-order valence-electron chi connectivity index (χ2n) is 8.51. The summed E-state index contributed by atoms with van der Waals surface area (Å²) in [7, 11) is -0.334. The van der Waals surface area contributed by atoms with Crippen LogP contribution in [0.15, 0.2) is 21.9 Å². The van der Waals surface area contributed by atoms with E-state index in [9.17, 15) is 5.11 Å². The molecule has 0 aliphatic rings. The van der Waals surface area contributed by atoms with Crippen LogP contribution in [0, 0.1) is 6.92 Å². The number of hydrogen-bond acceptors (Lipinski definition) is 1. The lowest BCUT2D eigenvalue weighted by Gasteiger charge is -2.24. The summed E-state index contributed by atoms with van der Waals surface area (Å²) < 4.78 is 0. The Kier molecular flexibility index (Phi) is 14.3. The summed E-state index contributed by atoms with van der Waals surface area (Å²) in [5, 5.41) is 10.7. The van der Waals surface area contributed by atoms with Crippen LogP contribution in [0.5, 0.6) is 5.75 Å². The van der Waals surface area contributed by atoms with E-state index in [1.165, 1.54) is 98.3 Å². The Morgan fingerprint density at radius 3 is 1.68 bits per heavy atom. The monoisotopic (exact) mass is 428 g/mol. The van der Waals surface area contributed by atoms with Gasteiger partial charge in [0.2, 0.25) is 0 Å². The van der Waals surface area contributed by atoms with Crippen LogP contribution in [-0.4, -0.2) is 29.1 Å². The minimum atomic E-state index is -0.241. The Morgan fingerprint density at radius 1 is 0.679 bits per heavy atom. The summed E-state index contributed by atoms with van der Waals surface area (Å²) in [6.45, 7) is 6.65. The van der Waals surface area contributed by atoms with E-state index in [1.54, 1.807) is 0 Å². The maximum Gasteiger partial charge on any atom is 0.130 e. The number of thiol groups is 2. The maximum absolute atomic E-state index is 10.7. The van der Waals surface area contributed by atoms with E-state index in [0.29, 0.717) is 5.75 Å². The van der Waals surface area contributed by atoms with Crippen molar-refractivity contribution in [3.8, 4) is 5.75 Å². The third kappa shape index (κ3) is 9.96. The summed E-state index contributed by atoms with van der Waals surface area (Å²) in [4.78, 5) is 2.77. The van der Waals surface area contributed by atoms with Crippen molar-refractivity contribution >= 4 is 21.8 Å². The minimum Gasteiger partial charge on any atom is -0.507 e. The number of rotatable bonds is 16. The van der Waals surface area contributed by atoms with Gasteiger partial charge in [-0.2, -0.15) is 0 Å². The summed E-state index contributed by atoms with van der Waals surface area (Å²) in [5.41, 5.74) is 1.09. The normalized spacial score (nSPS) is 14.9. The Balaban J connectivity index is 2.54. The molecule has 0 aromatic heterocycles. The summed E-state index contributed by atoms with van der Waals surface area (Å²) in [5.74, 6) is 3.17. The number of benzene rings is 1. The Labute approximate surface area is 181 Å². The molecule has 2 unspecified atom stereocenters. The zero-order valence-corrected chi connectivity index (χ0v) is 21.2. The molecule has 0 aliphatic carbocycles. The van der Waals surface area contributed by atoms with Crippen LogP contribution in [0.25, 0.3) is 0 Å². The molecule has 166 valence electrons. The van der Waals surface area contributed by atoms with Crippen LogP contribution in [0.4, 0.5) is 0 Å². The summed E-state index contributed by atoms with van der Waals surface area (Å²) >= 11 is 0. The van der Waals surface area contributed by atoms with Crippen LogP contribution < -0.4 is 0 Å². The molecular weight excluding hydrogens is 380 g/mol. The van der Waals surface area contributed by atoms with Crippen molar-refractivity contribution in [3.05, 3.63) is 17.7 Å². The molecule has 0 amide bonds. The van der Waals surface area contributed by atoms with Crippen LogP contribution in [0.1, 0.15) is 96.5 Å². The number of phenolic OH excluding ortho intramolecular Hbond substituents is 1. The highest BCUT2D eigenvalue weighted by Crippen LogP contribution is 2.46. The molecule has 1 nitrogen and oxygen atoms in total. The third-order valence-corrected chi connectivity index (χ3v) is 10.1. The first kappa shape index (κ1) is 25.8. The SMILES string of the molecule is CCCCCCCC[SH](C)c1cc(C)c(O)c([SH](C)CCCCCCCC)c1. The predicted octanol–water partition coefficient (Wildman–Crippen LogP) is 8.40. The van der Waals surface area contributed by atoms with Gasteiger partial charge in [0.1, 0.15) is 5.75 Å². The molecule has 0 saturated heterocycles. The summed E-state index contributed by atoms with van der Waals surface area (Å²) in [6.07, 6.45) is 21.2. The van der Waals surface area contributed by atoms with Crippen LogP contribution in [-0.2, 0) is 0 Å². The quantitative estimate of drug-likeness (QED) is 0.178. The van der Waals surface area contributed by atoms with Crippen molar-refractivity contribution in [2.45, 2.75) is 108 Å². The first-order valence-corrected chi connectivity index (χ1v) is 15.7. The molecule has 0 radical (unpaired) electrons. The van der Waals surface area contributed by atoms with E-state index in [-0.39, 0.29) is 21.8 Å². The molecule has 0 saturated carbocycles. The van der Waals surface area contributed by atoms with Gasteiger partial charge in [-0.05, 0) is 66.4 Å². The van der Waals surface area contributed by atoms with E-state index in [1.807, 2.05) is 0 Å². The Bertz CT molecular complexity index is 530. The lowest BCUT2D eigenvalue weighted by Crippen LogP contribution is -1.95. The average molecular weight is 429 g/mol. The van der Waals surface area contributed by atoms with Gasteiger partial charge in [-0.15, -0.1) is 0 Å². The second-order valence-corrected chi connectivity index (χ2v) is 13.2. The number of hydrogen-bond donors (Lipinski definition) is 3. The second kappa shape index (κ2) is 15.5. The number of phenols is 1. The Morgan fingerprint density at radius 2 is 1.14 bits per heavy atom. The van der Waals surface area contributed by atoms with Gasteiger partial charge in [-0.25, -0.2) is 21.8 Å². The molecule has 1 N–H and O–H groups in total. The van der Waals surface area contributed by atoms with Crippen LogP contribution >= 0.6 is 21.8 Å². The molecule has 0 heterocycles. The third-order valence-electron chi connectivity index (χ3n) is 5.81. The van der Waals surface area contributed by atoms with Gasteiger partial charge in [0.15, 0.2) is 0 Å². The molecular formula is C25H48OS2. The van der Waals surface area contributed by atoms with Crippen LogP contribution in [0.3, 0.4) is 0 Å². The lowest BCUT2D eigenvalue weighted by atomic mass is 10.1. The van der Waals surface area contributed by atoms with Gasteiger partial charge >= 0.3 is 0 Å². The average Bonchev–Trinajstić information content (AvgIpc) is 2.68. The zero-order valence-electron chi connectivity index (χ0n) is 19.4. The van der Waals surface area contributed by atoms with Gasteiger partial charge in [0, 0.05) is 4.90 Å². The highest BCUT2D eigenvalue weighted by molar-refractivity contribution is 8.17. The minimum absolute atomic E-state index is 0.0934. The highest BCUT2D eigenvalue weighted by Gasteiger charge is 2.13. The Hall–Kier alpha value is -0.280. The fourth-order valence-corrected chi connectivity index (χ4v) is 7.42. The van der Waals surface area contributed by atoms with Crippen molar-refractivity contribution in [2.24, 2.45) is 0 Å². The standard InChI is InChI=1S/C25H48OS2/c1-6-8-10-12-14-16-18-27(4)23-20-22(3)25(26)24(21-23)28(5)19-17-15-13-11-9-7-2/h20-21,26-28H,6-19H2,1-5H3. The molecule has 1 aromatic rings. The molecule has 2 atom stereocenters. The summed E-state index contributed by atoms with van der Waals surface area (Å²) in [6, 6.07) is 4.63. The van der Waals surface area contributed by atoms with Crippen molar-refractivity contribution in [3.63, 3.8) is 0 Å². The fourth-order valence-electron chi connectivity index (χ4n) is 3.76. The van der Waals surface area contributed by atoms with Gasteiger partial charge in [0.25, 0.3) is 0 Å². The zero-order chi connectivity index (χ0) is 20.8. The first-order valence-electron chi connectivity index (χ1n) is 11.8. The van der Waals surface area contributed by atoms with Gasteiger partial charge in [-0.3, -0.25) is 0 Å². The number of aryl methyl sites for hydroxylation is 1. The highest BCUT2D eigenvalue weighted by atomic mass is 32.2. The molecule has 1 rings (SSSR count).